The molecular weight excluding hydrogens is 352 g/mol. The third-order valence-electron chi connectivity index (χ3n) is 4.45. The van der Waals surface area contributed by atoms with Crippen LogP contribution in [0.4, 0.5) is 16.2 Å². The zero-order valence-corrected chi connectivity index (χ0v) is 15.7. The molecule has 0 saturated carbocycles. The number of ether oxygens (including phenoxy) is 1. The molecule has 138 valence electrons. The van der Waals surface area contributed by atoms with Crippen LogP contribution in [-0.4, -0.2) is 27.7 Å². The molecule has 0 bridgehead atoms. The van der Waals surface area contributed by atoms with Crippen LogP contribution in [-0.2, 0) is 27.6 Å². The van der Waals surface area contributed by atoms with Gasteiger partial charge in [-0.05, 0) is 48.2 Å². The van der Waals surface area contributed by atoms with Gasteiger partial charge in [-0.25, -0.2) is 13.2 Å². The predicted molar refractivity (Wildman–Crippen MR) is 101 cm³/mol. The van der Waals surface area contributed by atoms with E-state index in [9.17, 15) is 13.2 Å². The Morgan fingerprint density at radius 2 is 1.65 bits per heavy atom. The number of carbonyl (C=O) groups excluding carboxylic acids is 1. The average molecular weight is 374 g/mol. The van der Waals surface area contributed by atoms with Crippen molar-refractivity contribution in [1.82, 2.24) is 0 Å². The van der Waals surface area contributed by atoms with Gasteiger partial charge in [0.15, 0.2) is 0 Å². The fourth-order valence-corrected chi connectivity index (χ4v) is 4.14. The van der Waals surface area contributed by atoms with Gasteiger partial charge >= 0.3 is 6.09 Å². The molecule has 1 saturated heterocycles. The molecular formula is C19H22N2O4S. The van der Waals surface area contributed by atoms with E-state index in [2.05, 4.69) is 4.72 Å². The first-order valence-corrected chi connectivity index (χ1v) is 10.1. The van der Waals surface area contributed by atoms with Gasteiger partial charge in [-0.15, -0.1) is 0 Å². The SMILES string of the molecule is CCc1cccc(CC)c1NS(=O)(=O)c1ccc(N2CCOC2=O)cc1. The Balaban J connectivity index is 1.88. The Labute approximate surface area is 153 Å². The lowest BCUT2D eigenvalue weighted by Crippen LogP contribution is -2.23. The zero-order chi connectivity index (χ0) is 18.7. The summed E-state index contributed by atoms with van der Waals surface area (Å²) in [5.74, 6) is 0. The molecule has 2 aromatic carbocycles. The molecule has 1 amide bonds. The molecule has 0 aliphatic carbocycles. The lowest BCUT2D eigenvalue weighted by Gasteiger charge is -2.17. The van der Waals surface area contributed by atoms with Crippen molar-refractivity contribution in [2.24, 2.45) is 0 Å². The Morgan fingerprint density at radius 3 is 2.15 bits per heavy atom. The van der Waals surface area contributed by atoms with Crippen LogP contribution in [0.15, 0.2) is 47.4 Å². The van der Waals surface area contributed by atoms with E-state index >= 15 is 0 Å². The second-order valence-corrected chi connectivity index (χ2v) is 7.71. The second kappa shape index (κ2) is 7.37. The predicted octanol–water partition coefficient (Wildman–Crippen LogP) is 3.57. The fraction of sp³-hybridized carbons (Fsp3) is 0.316. The summed E-state index contributed by atoms with van der Waals surface area (Å²) < 4.78 is 33.3. The first-order chi connectivity index (χ1) is 12.5. The number of cyclic esters (lactones) is 1. The molecule has 1 heterocycles. The Kier molecular flexibility index (Phi) is 5.18. The summed E-state index contributed by atoms with van der Waals surface area (Å²) in [6.07, 6.45) is 1.06. The molecule has 0 aromatic heterocycles. The maximum Gasteiger partial charge on any atom is 0.414 e. The Hall–Kier alpha value is -2.54. The highest BCUT2D eigenvalue weighted by atomic mass is 32.2. The fourth-order valence-electron chi connectivity index (χ4n) is 3.00. The van der Waals surface area contributed by atoms with E-state index in [1.807, 2.05) is 32.0 Å². The third-order valence-corrected chi connectivity index (χ3v) is 5.82. The van der Waals surface area contributed by atoms with E-state index in [-0.39, 0.29) is 4.90 Å². The third kappa shape index (κ3) is 3.53. The number of benzene rings is 2. The number of amides is 1. The summed E-state index contributed by atoms with van der Waals surface area (Å²) >= 11 is 0. The molecule has 7 heteroatoms. The number of nitrogens with zero attached hydrogens (tertiary/aromatic N) is 1. The van der Waals surface area contributed by atoms with Crippen molar-refractivity contribution in [3.63, 3.8) is 0 Å². The van der Waals surface area contributed by atoms with Crippen molar-refractivity contribution in [1.29, 1.82) is 0 Å². The van der Waals surface area contributed by atoms with Crippen molar-refractivity contribution in [2.45, 2.75) is 31.6 Å². The summed E-state index contributed by atoms with van der Waals surface area (Å²) in [7, 11) is -3.72. The molecule has 3 rings (SSSR count). The van der Waals surface area contributed by atoms with Gasteiger partial charge in [-0.3, -0.25) is 9.62 Å². The van der Waals surface area contributed by atoms with Gasteiger partial charge in [-0.1, -0.05) is 32.0 Å². The highest BCUT2D eigenvalue weighted by molar-refractivity contribution is 7.92. The molecule has 1 aliphatic heterocycles. The molecule has 6 nitrogen and oxygen atoms in total. The van der Waals surface area contributed by atoms with Crippen LogP contribution in [0.5, 0.6) is 0 Å². The number of hydrogen-bond acceptors (Lipinski definition) is 4. The van der Waals surface area contributed by atoms with E-state index < -0.39 is 16.1 Å². The van der Waals surface area contributed by atoms with Crippen LogP contribution in [0.25, 0.3) is 0 Å². The van der Waals surface area contributed by atoms with Crippen molar-refractivity contribution < 1.29 is 17.9 Å². The zero-order valence-electron chi connectivity index (χ0n) is 14.9. The number of nitrogens with one attached hydrogen (secondary N) is 1. The summed E-state index contributed by atoms with van der Waals surface area (Å²) in [6, 6.07) is 12.0. The highest BCUT2D eigenvalue weighted by Crippen LogP contribution is 2.27. The van der Waals surface area contributed by atoms with E-state index in [1.165, 1.54) is 17.0 Å². The monoisotopic (exact) mass is 374 g/mol. The summed E-state index contributed by atoms with van der Waals surface area (Å²) in [5.41, 5.74) is 3.20. The van der Waals surface area contributed by atoms with Crippen molar-refractivity contribution in [2.75, 3.05) is 22.8 Å². The maximum atomic E-state index is 12.8. The lowest BCUT2D eigenvalue weighted by molar-refractivity contribution is 0.181. The van der Waals surface area contributed by atoms with Crippen LogP contribution in [0.1, 0.15) is 25.0 Å². The van der Waals surface area contributed by atoms with Gasteiger partial charge in [0, 0.05) is 5.69 Å². The van der Waals surface area contributed by atoms with Crippen molar-refractivity contribution >= 4 is 27.5 Å². The van der Waals surface area contributed by atoms with Crippen LogP contribution >= 0.6 is 0 Å². The standard InChI is InChI=1S/C19H22N2O4S/c1-3-14-6-5-7-15(4-2)18(14)20-26(23,24)17-10-8-16(9-11-17)21-12-13-25-19(21)22/h5-11,20H,3-4,12-13H2,1-2H3. The molecule has 0 spiro atoms. The van der Waals surface area contributed by atoms with Gasteiger partial charge in [0.05, 0.1) is 17.1 Å². The maximum absolute atomic E-state index is 12.8. The largest absolute Gasteiger partial charge is 0.447 e. The van der Waals surface area contributed by atoms with Gasteiger partial charge in [0.25, 0.3) is 10.0 Å². The normalized spacial score (nSPS) is 14.4. The van der Waals surface area contributed by atoms with Crippen LogP contribution in [0.2, 0.25) is 0 Å². The molecule has 0 atom stereocenters. The molecule has 1 N–H and O–H groups in total. The van der Waals surface area contributed by atoms with Gasteiger partial charge in [-0.2, -0.15) is 0 Å². The van der Waals surface area contributed by atoms with Crippen molar-refractivity contribution in [3.05, 3.63) is 53.6 Å². The first kappa shape index (κ1) is 18.3. The number of anilines is 2. The van der Waals surface area contributed by atoms with Gasteiger partial charge in [0.2, 0.25) is 0 Å². The molecule has 26 heavy (non-hydrogen) atoms. The number of hydrogen-bond donors (Lipinski definition) is 1. The van der Waals surface area contributed by atoms with Crippen LogP contribution in [0, 0.1) is 0 Å². The molecule has 0 radical (unpaired) electrons. The number of rotatable bonds is 6. The summed E-state index contributed by atoms with van der Waals surface area (Å²) in [4.78, 5) is 13.2. The minimum absolute atomic E-state index is 0.154. The summed E-state index contributed by atoms with van der Waals surface area (Å²) in [6.45, 7) is 4.80. The molecule has 0 unspecified atom stereocenters. The van der Waals surface area contributed by atoms with E-state index in [0.717, 1.165) is 24.0 Å². The van der Waals surface area contributed by atoms with Crippen LogP contribution < -0.4 is 9.62 Å². The number of aryl methyl sites for hydroxylation is 2. The minimum Gasteiger partial charge on any atom is -0.447 e. The second-order valence-electron chi connectivity index (χ2n) is 6.02. The average Bonchev–Trinajstić information content (AvgIpc) is 3.07. The van der Waals surface area contributed by atoms with E-state index in [0.29, 0.717) is 24.5 Å². The lowest BCUT2D eigenvalue weighted by atomic mass is 10.0. The van der Waals surface area contributed by atoms with E-state index in [4.69, 9.17) is 4.74 Å². The van der Waals surface area contributed by atoms with Crippen LogP contribution in [0.3, 0.4) is 0 Å². The van der Waals surface area contributed by atoms with E-state index in [1.54, 1.807) is 12.1 Å². The molecule has 1 fully saturated rings. The quantitative estimate of drug-likeness (QED) is 0.839. The first-order valence-electron chi connectivity index (χ1n) is 8.64. The Bertz CT molecular complexity index is 885. The molecule has 2 aromatic rings. The summed E-state index contributed by atoms with van der Waals surface area (Å²) in [5, 5.41) is 0. The minimum atomic E-state index is -3.72. The number of para-hydroxylation sites is 1. The number of carbonyl (C=O) groups is 1. The topological polar surface area (TPSA) is 75.7 Å². The highest BCUT2D eigenvalue weighted by Gasteiger charge is 2.24. The van der Waals surface area contributed by atoms with Gasteiger partial charge < -0.3 is 4.74 Å². The number of sulfonamides is 1. The Morgan fingerprint density at radius 1 is 1.04 bits per heavy atom. The molecule has 1 aliphatic rings. The smallest absolute Gasteiger partial charge is 0.414 e. The van der Waals surface area contributed by atoms with Gasteiger partial charge in [0.1, 0.15) is 6.61 Å². The van der Waals surface area contributed by atoms with Crippen molar-refractivity contribution in [3.8, 4) is 0 Å².